The lowest BCUT2D eigenvalue weighted by Gasteiger charge is -2.05. The standard InChI is InChI=1S/C13H12OS2/c1-2-11(14)10-6-3-4-7-12(10)16-13-8-5-9-15-13/h3-9H,2H2,1H3. The Hall–Kier alpha value is -1.06. The van der Waals surface area contributed by atoms with E-state index in [9.17, 15) is 4.79 Å². The van der Waals surface area contributed by atoms with Crippen LogP contribution in [0.2, 0.25) is 0 Å². The molecule has 0 atom stereocenters. The van der Waals surface area contributed by atoms with Crippen LogP contribution in [0.5, 0.6) is 0 Å². The molecule has 82 valence electrons. The predicted molar refractivity (Wildman–Crippen MR) is 69.5 cm³/mol. The second-order valence-electron chi connectivity index (χ2n) is 3.31. The molecule has 0 spiro atoms. The summed E-state index contributed by atoms with van der Waals surface area (Å²) >= 11 is 3.36. The molecule has 1 aromatic carbocycles. The third-order valence-corrected chi connectivity index (χ3v) is 4.33. The highest BCUT2D eigenvalue weighted by Crippen LogP contribution is 2.33. The van der Waals surface area contributed by atoms with Crippen LogP contribution in [0.4, 0.5) is 0 Å². The fourth-order valence-corrected chi connectivity index (χ4v) is 3.29. The zero-order valence-electron chi connectivity index (χ0n) is 8.97. The van der Waals surface area contributed by atoms with Gasteiger partial charge in [0.05, 0.1) is 4.21 Å². The molecule has 1 nitrogen and oxygen atoms in total. The first-order valence-electron chi connectivity index (χ1n) is 5.15. The lowest BCUT2D eigenvalue weighted by atomic mass is 10.1. The number of rotatable bonds is 4. The van der Waals surface area contributed by atoms with Gasteiger partial charge in [0, 0.05) is 16.9 Å². The third-order valence-electron chi connectivity index (χ3n) is 2.21. The molecule has 0 bridgehead atoms. The van der Waals surface area contributed by atoms with Crippen molar-refractivity contribution in [3.8, 4) is 0 Å². The Morgan fingerprint density at radius 1 is 1.25 bits per heavy atom. The van der Waals surface area contributed by atoms with E-state index in [1.165, 1.54) is 4.21 Å². The van der Waals surface area contributed by atoms with Gasteiger partial charge in [-0.05, 0) is 17.5 Å². The summed E-state index contributed by atoms with van der Waals surface area (Å²) in [6.07, 6.45) is 0.558. The Balaban J connectivity index is 2.30. The van der Waals surface area contributed by atoms with Crippen molar-refractivity contribution in [1.29, 1.82) is 0 Å². The van der Waals surface area contributed by atoms with Crippen molar-refractivity contribution >= 4 is 28.9 Å². The number of ketones is 1. The van der Waals surface area contributed by atoms with Crippen LogP contribution in [0.15, 0.2) is 50.9 Å². The molecule has 0 aliphatic rings. The molecule has 1 heterocycles. The SMILES string of the molecule is CCC(=O)c1ccccc1Sc1cccs1. The van der Waals surface area contributed by atoms with Gasteiger partial charge >= 0.3 is 0 Å². The first kappa shape index (κ1) is 11.4. The van der Waals surface area contributed by atoms with E-state index in [1.54, 1.807) is 23.1 Å². The molecule has 1 aromatic heterocycles. The van der Waals surface area contributed by atoms with E-state index in [-0.39, 0.29) is 5.78 Å². The maximum atomic E-state index is 11.8. The van der Waals surface area contributed by atoms with E-state index < -0.39 is 0 Å². The van der Waals surface area contributed by atoms with E-state index in [4.69, 9.17) is 0 Å². The van der Waals surface area contributed by atoms with Crippen LogP contribution in [0, 0.1) is 0 Å². The average molecular weight is 248 g/mol. The summed E-state index contributed by atoms with van der Waals surface area (Å²) in [5, 5.41) is 2.05. The Bertz CT molecular complexity index is 474. The van der Waals surface area contributed by atoms with Crippen molar-refractivity contribution in [2.24, 2.45) is 0 Å². The second kappa shape index (κ2) is 5.32. The molecule has 0 amide bonds. The summed E-state index contributed by atoms with van der Waals surface area (Å²) in [7, 11) is 0. The van der Waals surface area contributed by atoms with Gasteiger partial charge < -0.3 is 0 Å². The normalized spacial score (nSPS) is 10.3. The first-order chi connectivity index (χ1) is 7.81. The largest absolute Gasteiger partial charge is 0.294 e. The minimum absolute atomic E-state index is 0.208. The number of carbonyl (C=O) groups excluding carboxylic acids is 1. The quantitative estimate of drug-likeness (QED) is 0.741. The topological polar surface area (TPSA) is 17.1 Å². The molecule has 0 saturated carbocycles. The van der Waals surface area contributed by atoms with Crippen molar-refractivity contribution in [3.63, 3.8) is 0 Å². The zero-order valence-corrected chi connectivity index (χ0v) is 10.6. The van der Waals surface area contributed by atoms with Gasteiger partial charge in [0.1, 0.15) is 0 Å². The Morgan fingerprint density at radius 3 is 2.75 bits per heavy atom. The van der Waals surface area contributed by atoms with Crippen molar-refractivity contribution in [2.75, 3.05) is 0 Å². The Morgan fingerprint density at radius 2 is 2.06 bits per heavy atom. The van der Waals surface area contributed by atoms with E-state index >= 15 is 0 Å². The minimum Gasteiger partial charge on any atom is -0.294 e. The highest BCUT2D eigenvalue weighted by Gasteiger charge is 2.10. The van der Waals surface area contributed by atoms with E-state index in [1.807, 2.05) is 42.6 Å². The van der Waals surface area contributed by atoms with Crippen LogP contribution in [0.25, 0.3) is 0 Å². The third kappa shape index (κ3) is 2.54. The highest BCUT2D eigenvalue weighted by atomic mass is 32.2. The van der Waals surface area contributed by atoms with Crippen LogP contribution < -0.4 is 0 Å². The van der Waals surface area contributed by atoms with Crippen molar-refractivity contribution in [1.82, 2.24) is 0 Å². The molecule has 2 rings (SSSR count). The summed E-state index contributed by atoms with van der Waals surface area (Å²) in [4.78, 5) is 12.8. The van der Waals surface area contributed by atoms with Crippen LogP contribution >= 0.6 is 23.1 Å². The molecule has 16 heavy (non-hydrogen) atoms. The zero-order chi connectivity index (χ0) is 11.4. The molecule has 2 aromatic rings. The lowest BCUT2D eigenvalue weighted by molar-refractivity contribution is 0.0985. The molecular formula is C13H12OS2. The van der Waals surface area contributed by atoms with Crippen LogP contribution in [-0.4, -0.2) is 5.78 Å². The van der Waals surface area contributed by atoms with Crippen LogP contribution in [-0.2, 0) is 0 Å². The minimum atomic E-state index is 0.208. The number of Topliss-reactive ketones (excluding diaryl/α,β-unsaturated/α-hetero) is 1. The number of hydrogen-bond acceptors (Lipinski definition) is 3. The molecular weight excluding hydrogens is 236 g/mol. The van der Waals surface area contributed by atoms with E-state index in [0.29, 0.717) is 6.42 Å². The van der Waals surface area contributed by atoms with Gasteiger partial charge in [-0.15, -0.1) is 11.3 Å². The average Bonchev–Trinajstić information content (AvgIpc) is 2.82. The van der Waals surface area contributed by atoms with Gasteiger partial charge in [-0.2, -0.15) is 0 Å². The number of thiophene rings is 1. The maximum absolute atomic E-state index is 11.8. The number of carbonyl (C=O) groups is 1. The van der Waals surface area contributed by atoms with Gasteiger partial charge in [-0.3, -0.25) is 4.79 Å². The van der Waals surface area contributed by atoms with E-state index in [0.717, 1.165) is 10.5 Å². The van der Waals surface area contributed by atoms with Gasteiger partial charge in [0.2, 0.25) is 0 Å². The smallest absolute Gasteiger partial charge is 0.163 e. The van der Waals surface area contributed by atoms with Gasteiger partial charge in [-0.25, -0.2) is 0 Å². The van der Waals surface area contributed by atoms with Crippen molar-refractivity contribution < 1.29 is 4.79 Å². The summed E-state index contributed by atoms with van der Waals surface area (Å²) in [5.74, 6) is 0.208. The van der Waals surface area contributed by atoms with Crippen LogP contribution in [0.3, 0.4) is 0 Å². The van der Waals surface area contributed by atoms with Crippen molar-refractivity contribution in [3.05, 3.63) is 47.3 Å². The van der Waals surface area contributed by atoms with Gasteiger partial charge in [-0.1, -0.05) is 43.0 Å². The molecule has 0 fully saturated rings. The van der Waals surface area contributed by atoms with Crippen molar-refractivity contribution in [2.45, 2.75) is 22.4 Å². The van der Waals surface area contributed by atoms with E-state index in [2.05, 4.69) is 6.07 Å². The lowest BCUT2D eigenvalue weighted by Crippen LogP contribution is -1.98. The summed E-state index contributed by atoms with van der Waals surface area (Å²) in [5.41, 5.74) is 0.836. The number of hydrogen-bond donors (Lipinski definition) is 0. The molecule has 0 radical (unpaired) electrons. The fraction of sp³-hybridized carbons (Fsp3) is 0.154. The highest BCUT2D eigenvalue weighted by molar-refractivity contribution is 8.01. The Kier molecular flexibility index (Phi) is 3.80. The molecule has 0 aliphatic heterocycles. The predicted octanol–water partition coefficient (Wildman–Crippen LogP) is 4.49. The van der Waals surface area contributed by atoms with Crippen LogP contribution in [0.1, 0.15) is 23.7 Å². The fourth-order valence-electron chi connectivity index (χ4n) is 1.41. The number of benzene rings is 1. The maximum Gasteiger partial charge on any atom is 0.163 e. The first-order valence-corrected chi connectivity index (χ1v) is 6.84. The van der Waals surface area contributed by atoms with Gasteiger partial charge in [0.15, 0.2) is 5.78 Å². The van der Waals surface area contributed by atoms with Gasteiger partial charge in [0.25, 0.3) is 0 Å². The second-order valence-corrected chi connectivity index (χ2v) is 5.60. The summed E-state index contributed by atoms with van der Waals surface area (Å²) < 4.78 is 1.22. The summed E-state index contributed by atoms with van der Waals surface area (Å²) in [6.45, 7) is 1.90. The monoisotopic (exact) mass is 248 g/mol. The molecule has 0 saturated heterocycles. The Labute approximate surface area is 104 Å². The summed E-state index contributed by atoms with van der Waals surface area (Å²) in [6, 6.07) is 11.9. The molecule has 0 aliphatic carbocycles. The molecule has 3 heteroatoms. The molecule has 0 unspecified atom stereocenters. The molecule has 0 N–H and O–H groups in total.